The van der Waals surface area contributed by atoms with E-state index in [1.807, 2.05) is 24.3 Å². The van der Waals surface area contributed by atoms with Crippen LogP contribution in [0, 0.1) is 5.82 Å². The third-order valence-corrected chi connectivity index (χ3v) is 3.23. The summed E-state index contributed by atoms with van der Waals surface area (Å²) in [5, 5.41) is 3.22. The zero-order chi connectivity index (χ0) is 15.9. The molecule has 0 saturated heterocycles. The zero-order valence-corrected chi connectivity index (χ0v) is 12.6. The van der Waals surface area contributed by atoms with Crippen molar-refractivity contribution < 1.29 is 18.7 Å². The predicted octanol–water partition coefficient (Wildman–Crippen LogP) is 2.91. The largest absolute Gasteiger partial charge is 0.497 e. The van der Waals surface area contributed by atoms with Gasteiger partial charge in [-0.15, -0.1) is 0 Å². The summed E-state index contributed by atoms with van der Waals surface area (Å²) < 4.78 is 23.5. The molecular formula is C17H18FNO3. The van der Waals surface area contributed by atoms with Gasteiger partial charge >= 0.3 is 5.97 Å². The van der Waals surface area contributed by atoms with Crippen molar-refractivity contribution in [2.24, 2.45) is 0 Å². The van der Waals surface area contributed by atoms with Crippen LogP contribution in [0.1, 0.15) is 21.5 Å². The van der Waals surface area contributed by atoms with Crippen molar-refractivity contribution >= 4 is 5.97 Å². The van der Waals surface area contributed by atoms with E-state index < -0.39 is 11.8 Å². The maximum atomic E-state index is 13.8. The molecule has 0 saturated carbocycles. The molecule has 4 nitrogen and oxygen atoms in total. The van der Waals surface area contributed by atoms with E-state index in [4.69, 9.17) is 4.74 Å². The molecule has 2 rings (SSSR count). The van der Waals surface area contributed by atoms with Gasteiger partial charge < -0.3 is 14.8 Å². The number of carbonyl (C=O) groups excluding carboxylic acids is 1. The summed E-state index contributed by atoms with van der Waals surface area (Å²) in [6.45, 7) is 1.13. The van der Waals surface area contributed by atoms with Crippen LogP contribution in [0.3, 0.4) is 0 Å². The second-order valence-corrected chi connectivity index (χ2v) is 4.76. The van der Waals surface area contributed by atoms with E-state index in [2.05, 4.69) is 10.1 Å². The van der Waals surface area contributed by atoms with E-state index in [1.54, 1.807) is 13.2 Å². The Balaban J connectivity index is 1.94. The third-order valence-electron chi connectivity index (χ3n) is 3.23. The number of rotatable bonds is 6. The van der Waals surface area contributed by atoms with Crippen LogP contribution in [0.4, 0.5) is 4.39 Å². The minimum atomic E-state index is -0.673. The Morgan fingerprint density at radius 1 is 1.09 bits per heavy atom. The lowest BCUT2D eigenvalue weighted by atomic mass is 10.1. The van der Waals surface area contributed by atoms with E-state index in [0.717, 1.165) is 16.9 Å². The highest BCUT2D eigenvalue weighted by Crippen LogP contribution is 2.14. The standard InChI is InChI=1S/C17H18FNO3/c1-21-14-5-3-4-12(8-14)10-19-11-13-6-7-15(16(18)9-13)17(20)22-2/h3-9,19H,10-11H2,1-2H3. The molecule has 0 aliphatic rings. The minimum absolute atomic E-state index is 0.0564. The monoisotopic (exact) mass is 303 g/mol. The smallest absolute Gasteiger partial charge is 0.340 e. The summed E-state index contributed by atoms with van der Waals surface area (Å²) in [5.74, 6) is -0.450. The molecular weight excluding hydrogens is 285 g/mol. The SMILES string of the molecule is COC(=O)c1ccc(CNCc2cccc(OC)c2)cc1F. The van der Waals surface area contributed by atoms with Crippen LogP contribution in [0.15, 0.2) is 42.5 Å². The van der Waals surface area contributed by atoms with Crippen LogP contribution in [0.25, 0.3) is 0 Å². The molecule has 5 heteroatoms. The van der Waals surface area contributed by atoms with Crippen LogP contribution < -0.4 is 10.1 Å². The van der Waals surface area contributed by atoms with Crippen LogP contribution in [0.2, 0.25) is 0 Å². The number of ether oxygens (including phenoxy) is 2. The molecule has 116 valence electrons. The molecule has 0 spiro atoms. The van der Waals surface area contributed by atoms with Gasteiger partial charge in [-0.25, -0.2) is 9.18 Å². The Bertz CT molecular complexity index is 658. The molecule has 0 aromatic heterocycles. The molecule has 0 fully saturated rings. The van der Waals surface area contributed by atoms with Crippen LogP contribution in [0.5, 0.6) is 5.75 Å². The number of halogens is 1. The van der Waals surface area contributed by atoms with E-state index in [0.29, 0.717) is 13.1 Å². The Labute approximate surface area is 128 Å². The van der Waals surface area contributed by atoms with Gasteiger partial charge in [0.15, 0.2) is 0 Å². The first kappa shape index (κ1) is 16.0. The molecule has 2 aromatic carbocycles. The molecule has 0 heterocycles. The zero-order valence-electron chi connectivity index (χ0n) is 12.6. The average molecular weight is 303 g/mol. The lowest BCUT2D eigenvalue weighted by molar-refractivity contribution is 0.0595. The van der Waals surface area contributed by atoms with Gasteiger partial charge in [-0.3, -0.25) is 0 Å². The molecule has 0 amide bonds. The first-order chi connectivity index (χ1) is 10.6. The van der Waals surface area contributed by atoms with E-state index in [-0.39, 0.29) is 5.56 Å². The fourth-order valence-electron chi connectivity index (χ4n) is 2.08. The summed E-state index contributed by atoms with van der Waals surface area (Å²) in [5.41, 5.74) is 1.78. The number of benzene rings is 2. The summed E-state index contributed by atoms with van der Waals surface area (Å²) in [7, 11) is 2.85. The van der Waals surface area contributed by atoms with E-state index in [1.165, 1.54) is 19.2 Å². The van der Waals surface area contributed by atoms with Crippen molar-refractivity contribution in [1.29, 1.82) is 0 Å². The molecule has 0 radical (unpaired) electrons. The lowest BCUT2D eigenvalue weighted by Crippen LogP contribution is -2.13. The van der Waals surface area contributed by atoms with Crippen molar-refractivity contribution in [2.45, 2.75) is 13.1 Å². The van der Waals surface area contributed by atoms with Crippen LogP contribution in [-0.4, -0.2) is 20.2 Å². The summed E-state index contributed by atoms with van der Waals surface area (Å²) in [6, 6.07) is 12.2. The quantitative estimate of drug-likeness (QED) is 0.834. The summed E-state index contributed by atoms with van der Waals surface area (Å²) in [4.78, 5) is 11.3. The Hall–Kier alpha value is -2.40. The number of hydrogen-bond acceptors (Lipinski definition) is 4. The molecule has 1 N–H and O–H groups in total. The highest BCUT2D eigenvalue weighted by atomic mass is 19.1. The van der Waals surface area contributed by atoms with Gasteiger partial charge in [0.25, 0.3) is 0 Å². The van der Waals surface area contributed by atoms with Crippen LogP contribution in [-0.2, 0) is 17.8 Å². The Kier molecular flexibility index (Phi) is 5.49. The van der Waals surface area contributed by atoms with E-state index >= 15 is 0 Å². The lowest BCUT2D eigenvalue weighted by Gasteiger charge is -2.08. The normalized spacial score (nSPS) is 10.3. The number of nitrogens with one attached hydrogen (secondary N) is 1. The molecule has 0 bridgehead atoms. The van der Waals surface area contributed by atoms with Crippen molar-refractivity contribution in [1.82, 2.24) is 5.32 Å². The average Bonchev–Trinajstić information content (AvgIpc) is 2.54. The third kappa shape index (κ3) is 4.05. The minimum Gasteiger partial charge on any atom is -0.497 e. The number of carbonyl (C=O) groups is 1. The molecule has 2 aromatic rings. The fraction of sp³-hybridized carbons (Fsp3) is 0.235. The fourth-order valence-corrected chi connectivity index (χ4v) is 2.08. The van der Waals surface area contributed by atoms with Gasteiger partial charge in [0.1, 0.15) is 11.6 Å². The molecule has 22 heavy (non-hydrogen) atoms. The van der Waals surface area contributed by atoms with Gasteiger partial charge in [-0.2, -0.15) is 0 Å². The van der Waals surface area contributed by atoms with Crippen molar-refractivity contribution in [3.8, 4) is 5.75 Å². The van der Waals surface area contributed by atoms with Crippen molar-refractivity contribution in [2.75, 3.05) is 14.2 Å². The second-order valence-electron chi connectivity index (χ2n) is 4.76. The maximum Gasteiger partial charge on any atom is 0.340 e. The highest BCUT2D eigenvalue weighted by Gasteiger charge is 2.12. The van der Waals surface area contributed by atoms with Gasteiger partial charge in [0, 0.05) is 13.1 Å². The first-order valence-corrected chi connectivity index (χ1v) is 6.84. The highest BCUT2D eigenvalue weighted by molar-refractivity contribution is 5.89. The summed E-state index contributed by atoms with van der Waals surface area (Å²) >= 11 is 0. The van der Waals surface area contributed by atoms with Crippen molar-refractivity contribution in [3.63, 3.8) is 0 Å². The van der Waals surface area contributed by atoms with Crippen LogP contribution >= 0.6 is 0 Å². The van der Waals surface area contributed by atoms with Gasteiger partial charge in [0.05, 0.1) is 19.8 Å². The summed E-state index contributed by atoms with van der Waals surface area (Å²) in [6.07, 6.45) is 0. The van der Waals surface area contributed by atoms with Gasteiger partial charge in [0.2, 0.25) is 0 Å². The Morgan fingerprint density at radius 3 is 2.45 bits per heavy atom. The molecule has 0 aliphatic carbocycles. The molecule has 0 aliphatic heterocycles. The van der Waals surface area contributed by atoms with Gasteiger partial charge in [-0.1, -0.05) is 18.2 Å². The number of methoxy groups -OCH3 is 2. The topological polar surface area (TPSA) is 47.6 Å². The first-order valence-electron chi connectivity index (χ1n) is 6.84. The molecule has 0 unspecified atom stereocenters. The van der Waals surface area contributed by atoms with Gasteiger partial charge in [-0.05, 0) is 35.4 Å². The van der Waals surface area contributed by atoms with E-state index in [9.17, 15) is 9.18 Å². The number of hydrogen-bond donors (Lipinski definition) is 1. The molecule has 0 atom stereocenters. The number of esters is 1. The predicted molar refractivity (Wildman–Crippen MR) is 81.3 cm³/mol. The maximum absolute atomic E-state index is 13.8. The van der Waals surface area contributed by atoms with Crippen molar-refractivity contribution in [3.05, 3.63) is 65.0 Å². The Morgan fingerprint density at radius 2 is 1.82 bits per heavy atom. The second kappa shape index (κ2) is 7.56.